The number of pyridine rings is 1. The predicted molar refractivity (Wildman–Crippen MR) is 85.7 cm³/mol. The molecule has 0 amide bonds. The third-order valence-corrected chi connectivity index (χ3v) is 3.59. The van der Waals surface area contributed by atoms with Crippen molar-refractivity contribution in [3.63, 3.8) is 0 Å². The van der Waals surface area contributed by atoms with Gasteiger partial charge in [0.25, 0.3) is 0 Å². The quantitative estimate of drug-likeness (QED) is 0.740. The molecule has 2 nitrogen and oxygen atoms in total. The zero-order valence-electron chi connectivity index (χ0n) is 13.7. The van der Waals surface area contributed by atoms with Gasteiger partial charge >= 0.3 is 0 Å². The molecule has 1 heterocycles. The van der Waals surface area contributed by atoms with Crippen LogP contribution < -0.4 is 4.74 Å². The average molecular weight is 271 g/mol. The van der Waals surface area contributed by atoms with Crippen molar-refractivity contribution in [3.05, 3.63) is 35.5 Å². The van der Waals surface area contributed by atoms with Crippen molar-refractivity contribution in [2.24, 2.45) is 0 Å². The van der Waals surface area contributed by atoms with Crippen LogP contribution >= 0.6 is 0 Å². The SMILES string of the molecule is COc1cccc2nc(C(C)(C)C)cc(C(C)(C)C)c12. The van der Waals surface area contributed by atoms with E-state index in [1.54, 1.807) is 7.11 Å². The van der Waals surface area contributed by atoms with E-state index in [0.717, 1.165) is 22.3 Å². The summed E-state index contributed by atoms with van der Waals surface area (Å²) in [5, 5.41) is 1.13. The van der Waals surface area contributed by atoms with Crippen LogP contribution in [0.5, 0.6) is 5.75 Å². The largest absolute Gasteiger partial charge is 0.496 e. The number of fused-ring (bicyclic) bond motifs is 1. The standard InChI is InChI=1S/C18H25NO/c1-17(2,3)12-11-15(18(4,5)6)19-13-9-8-10-14(20-7)16(12)13/h8-11H,1-7H3. The average Bonchev–Trinajstić information content (AvgIpc) is 2.34. The van der Waals surface area contributed by atoms with E-state index >= 15 is 0 Å². The van der Waals surface area contributed by atoms with Crippen LogP contribution in [0.15, 0.2) is 24.3 Å². The van der Waals surface area contributed by atoms with Crippen LogP contribution in [0.1, 0.15) is 52.8 Å². The Morgan fingerprint density at radius 1 is 0.950 bits per heavy atom. The minimum atomic E-state index is 0.0390. The van der Waals surface area contributed by atoms with Crippen LogP contribution in [0.4, 0.5) is 0 Å². The molecule has 2 rings (SSSR count). The molecule has 1 aromatic heterocycles. The van der Waals surface area contributed by atoms with E-state index < -0.39 is 0 Å². The molecule has 1 aromatic carbocycles. The van der Waals surface area contributed by atoms with Gasteiger partial charge in [-0.2, -0.15) is 0 Å². The van der Waals surface area contributed by atoms with Gasteiger partial charge in [0.2, 0.25) is 0 Å². The zero-order valence-corrected chi connectivity index (χ0v) is 13.7. The van der Waals surface area contributed by atoms with Gasteiger partial charge in [-0.3, -0.25) is 4.98 Å². The minimum absolute atomic E-state index is 0.0390. The van der Waals surface area contributed by atoms with Crippen LogP contribution in [-0.2, 0) is 10.8 Å². The summed E-state index contributed by atoms with van der Waals surface area (Å²) in [5.41, 5.74) is 3.53. The Bertz CT molecular complexity index is 630. The molecule has 108 valence electrons. The van der Waals surface area contributed by atoms with Crippen LogP contribution in [0.25, 0.3) is 10.9 Å². The molecule has 2 heteroatoms. The number of aromatic nitrogens is 1. The van der Waals surface area contributed by atoms with E-state index in [1.807, 2.05) is 12.1 Å². The summed E-state index contributed by atoms with van der Waals surface area (Å²) in [6.45, 7) is 13.3. The summed E-state index contributed by atoms with van der Waals surface area (Å²) < 4.78 is 5.55. The normalized spacial score (nSPS) is 12.8. The van der Waals surface area contributed by atoms with E-state index in [-0.39, 0.29) is 10.8 Å². The minimum Gasteiger partial charge on any atom is -0.496 e. The number of nitrogens with zero attached hydrogens (tertiary/aromatic N) is 1. The molecule has 0 aliphatic carbocycles. The Labute approximate surface area is 122 Å². The highest BCUT2D eigenvalue weighted by Gasteiger charge is 2.24. The topological polar surface area (TPSA) is 22.1 Å². The van der Waals surface area contributed by atoms with Gasteiger partial charge < -0.3 is 4.74 Å². The molecule has 0 N–H and O–H groups in total. The lowest BCUT2D eigenvalue weighted by atomic mass is 9.81. The fourth-order valence-electron chi connectivity index (χ4n) is 2.40. The smallest absolute Gasteiger partial charge is 0.128 e. The molecule has 0 aliphatic rings. The Morgan fingerprint density at radius 3 is 2.10 bits per heavy atom. The molecular weight excluding hydrogens is 246 g/mol. The van der Waals surface area contributed by atoms with Gasteiger partial charge in [0.05, 0.1) is 12.6 Å². The fourth-order valence-corrected chi connectivity index (χ4v) is 2.40. The number of hydrogen-bond acceptors (Lipinski definition) is 2. The summed E-state index contributed by atoms with van der Waals surface area (Å²) in [4.78, 5) is 4.85. The lowest BCUT2D eigenvalue weighted by Gasteiger charge is -2.26. The Hall–Kier alpha value is -1.57. The van der Waals surface area contributed by atoms with Gasteiger partial charge in [-0.1, -0.05) is 47.6 Å². The Kier molecular flexibility index (Phi) is 3.53. The number of methoxy groups -OCH3 is 1. The van der Waals surface area contributed by atoms with Crippen LogP contribution in [0.3, 0.4) is 0 Å². The zero-order chi connectivity index (χ0) is 15.1. The van der Waals surface area contributed by atoms with Gasteiger partial charge in [0.1, 0.15) is 5.75 Å². The van der Waals surface area contributed by atoms with Crippen molar-refractivity contribution in [3.8, 4) is 5.75 Å². The van der Waals surface area contributed by atoms with Crippen LogP contribution in [0.2, 0.25) is 0 Å². The number of rotatable bonds is 1. The summed E-state index contributed by atoms with van der Waals surface area (Å²) in [7, 11) is 1.72. The highest BCUT2D eigenvalue weighted by molar-refractivity contribution is 5.89. The monoisotopic (exact) mass is 271 g/mol. The maximum atomic E-state index is 5.55. The number of benzene rings is 1. The van der Waals surface area contributed by atoms with Crippen molar-refractivity contribution >= 4 is 10.9 Å². The first kappa shape index (κ1) is 14.8. The van der Waals surface area contributed by atoms with E-state index in [0.29, 0.717) is 0 Å². The van der Waals surface area contributed by atoms with Gasteiger partial charge in [0.15, 0.2) is 0 Å². The molecular formula is C18H25NO. The maximum Gasteiger partial charge on any atom is 0.128 e. The summed E-state index contributed by atoms with van der Waals surface area (Å²) in [6.07, 6.45) is 0. The molecule has 0 aliphatic heterocycles. The molecule has 0 unspecified atom stereocenters. The van der Waals surface area contributed by atoms with Crippen molar-refractivity contribution in [2.45, 2.75) is 52.4 Å². The second-order valence-electron chi connectivity index (χ2n) is 7.41. The molecule has 0 radical (unpaired) electrons. The van der Waals surface area contributed by atoms with Gasteiger partial charge in [0, 0.05) is 16.5 Å². The second kappa shape index (κ2) is 4.76. The van der Waals surface area contributed by atoms with Crippen molar-refractivity contribution in [1.82, 2.24) is 4.98 Å². The van der Waals surface area contributed by atoms with Gasteiger partial charge in [-0.05, 0) is 29.2 Å². The molecule has 0 atom stereocenters. The van der Waals surface area contributed by atoms with E-state index in [2.05, 4.69) is 53.7 Å². The summed E-state index contributed by atoms with van der Waals surface area (Å²) in [5.74, 6) is 0.903. The van der Waals surface area contributed by atoms with E-state index in [4.69, 9.17) is 9.72 Å². The van der Waals surface area contributed by atoms with E-state index in [9.17, 15) is 0 Å². The molecule has 0 fully saturated rings. The first-order valence-corrected chi connectivity index (χ1v) is 7.13. The molecule has 2 aromatic rings. The molecule has 0 saturated heterocycles. The third-order valence-electron chi connectivity index (χ3n) is 3.59. The van der Waals surface area contributed by atoms with Crippen LogP contribution in [0, 0.1) is 0 Å². The molecule has 0 saturated carbocycles. The van der Waals surface area contributed by atoms with Crippen molar-refractivity contribution < 1.29 is 4.74 Å². The summed E-state index contributed by atoms with van der Waals surface area (Å²) >= 11 is 0. The van der Waals surface area contributed by atoms with Crippen molar-refractivity contribution in [1.29, 1.82) is 0 Å². The second-order valence-corrected chi connectivity index (χ2v) is 7.41. The highest BCUT2D eigenvalue weighted by atomic mass is 16.5. The highest BCUT2D eigenvalue weighted by Crippen LogP contribution is 2.37. The first-order chi connectivity index (χ1) is 9.14. The Morgan fingerprint density at radius 2 is 1.60 bits per heavy atom. The van der Waals surface area contributed by atoms with Gasteiger partial charge in [-0.15, -0.1) is 0 Å². The first-order valence-electron chi connectivity index (χ1n) is 7.13. The predicted octanol–water partition coefficient (Wildman–Crippen LogP) is 4.84. The number of ether oxygens (including phenoxy) is 1. The lowest BCUT2D eigenvalue weighted by Crippen LogP contribution is -2.18. The Balaban J connectivity index is 2.90. The van der Waals surface area contributed by atoms with E-state index in [1.165, 1.54) is 5.56 Å². The fraction of sp³-hybridized carbons (Fsp3) is 0.500. The lowest BCUT2D eigenvalue weighted by molar-refractivity contribution is 0.418. The van der Waals surface area contributed by atoms with Crippen molar-refractivity contribution in [2.75, 3.05) is 7.11 Å². The maximum absolute atomic E-state index is 5.55. The van der Waals surface area contributed by atoms with Gasteiger partial charge in [-0.25, -0.2) is 0 Å². The molecule has 20 heavy (non-hydrogen) atoms. The summed E-state index contributed by atoms with van der Waals surface area (Å²) in [6, 6.07) is 8.33. The molecule has 0 bridgehead atoms. The third kappa shape index (κ3) is 2.65. The van der Waals surface area contributed by atoms with Crippen LogP contribution in [-0.4, -0.2) is 12.1 Å². The molecule has 0 spiro atoms. The number of hydrogen-bond donors (Lipinski definition) is 0.